The minimum atomic E-state index is -0.789. The Morgan fingerprint density at radius 2 is 1.57 bits per heavy atom. The fourth-order valence-corrected chi connectivity index (χ4v) is 3.35. The normalized spacial score (nSPS) is 11.3. The number of nitrogens with zero attached hydrogens (tertiary/aromatic N) is 3. The molecule has 0 aromatic heterocycles. The molecule has 0 unspecified atom stereocenters. The van der Waals surface area contributed by atoms with Crippen molar-refractivity contribution in [2.45, 2.75) is 46.6 Å². The highest BCUT2D eigenvalue weighted by Gasteiger charge is 2.36. The summed E-state index contributed by atoms with van der Waals surface area (Å²) in [6.07, 6.45) is 0.911. The number of amides is 2. The molecule has 7 heteroatoms. The van der Waals surface area contributed by atoms with Crippen LogP contribution in [0, 0.1) is 16.0 Å². The Morgan fingerprint density at radius 3 is 2.07 bits per heavy atom. The molecule has 2 aromatic rings. The van der Waals surface area contributed by atoms with Crippen LogP contribution in [-0.2, 0) is 6.42 Å². The summed E-state index contributed by atoms with van der Waals surface area (Å²) >= 11 is 0. The maximum atomic E-state index is 13.3. The van der Waals surface area contributed by atoms with Crippen molar-refractivity contribution in [3.63, 3.8) is 0 Å². The van der Waals surface area contributed by atoms with Crippen molar-refractivity contribution in [1.82, 2.24) is 10.0 Å². The van der Waals surface area contributed by atoms with Crippen molar-refractivity contribution in [3.8, 4) is 0 Å². The van der Waals surface area contributed by atoms with Gasteiger partial charge in [0.2, 0.25) is 0 Å². The van der Waals surface area contributed by atoms with Crippen LogP contribution in [0.4, 0.5) is 5.69 Å². The van der Waals surface area contributed by atoms with Gasteiger partial charge in [0.15, 0.2) is 0 Å². The number of nitro benzene ring substituents is 1. The second-order valence-corrected chi connectivity index (χ2v) is 8.69. The number of hydrogen-bond acceptors (Lipinski definition) is 4. The number of carbonyl (C=O) groups is 2. The maximum absolute atomic E-state index is 13.3. The van der Waals surface area contributed by atoms with Crippen molar-refractivity contribution >= 4 is 17.5 Å². The lowest BCUT2D eigenvalue weighted by Crippen LogP contribution is -2.56. The summed E-state index contributed by atoms with van der Waals surface area (Å²) in [6, 6.07) is 13.1. The van der Waals surface area contributed by atoms with E-state index in [0.29, 0.717) is 11.5 Å². The van der Waals surface area contributed by atoms with Crippen LogP contribution in [0.1, 0.15) is 60.9 Å². The number of carbonyl (C=O) groups excluding carboxylic acids is 2. The molecule has 160 valence electrons. The Kier molecular flexibility index (Phi) is 6.97. The highest BCUT2D eigenvalue weighted by molar-refractivity contribution is 6.01. The zero-order chi connectivity index (χ0) is 22.6. The molecule has 0 saturated heterocycles. The first-order chi connectivity index (χ1) is 13.9. The summed E-state index contributed by atoms with van der Waals surface area (Å²) in [4.78, 5) is 37.2. The molecule has 7 nitrogen and oxygen atoms in total. The van der Waals surface area contributed by atoms with Crippen molar-refractivity contribution in [1.29, 1.82) is 0 Å². The van der Waals surface area contributed by atoms with Crippen LogP contribution in [0.2, 0.25) is 0 Å². The third-order valence-corrected chi connectivity index (χ3v) is 4.60. The van der Waals surface area contributed by atoms with Gasteiger partial charge >= 0.3 is 0 Å². The minimum absolute atomic E-state index is 0.0654. The van der Waals surface area contributed by atoms with E-state index in [1.807, 2.05) is 12.1 Å². The molecule has 0 radical (unpaired) electrons. The Bertz CT molecular complexity index is 930. The van der Waals surface area contributed by atoms with E-state index in [2.05, 4.69) is 13.8 Å². The lowest BCUT2D eigenvalue weighted by Gasteiger charge is -2.41. The van der Waals surface area contributed by atoms with E-state index < -0.39 is 16.4 Å². The third-order valence-electron chi connectivity index (χ3n) is 4.60. The van der Waals surface area contributed by atoms with Gasteiger partial charge in [-0.3, -0.25) is 19.7 Å². The summed E-state index contributed by atoms with van der Waals surface area (Å²) in [5.41, 5.74) is 0.422. The van der Waals surface area contributed by atoms with Gasteiger partial charge in [0.05, 0.1) is 10.5 Å². The quantitative estimate of drug-likeness (QED) is 0.526. The largest absolute Gasteiger partial charge is 0.282 e. The number of benzene rings is 2. The van der Waals surface area contributed by atoms with Crippen LogP contribution in [-0.4, -0.2) is 39.3 Å². The Labute approximate surface area is 177 Å². The van der Waals surface area contributed by atoms with Crippen molar-refractivity contribution in [2.75, 3.05) is 7.05 Å². The van der Waals surface area contributed by atoms with Gasteiger partial charge in [-0.25, -0.2) is 10.0 Å². The Hall–Kier alpha value is -3.22. The number of para-hydroxylation sites is 1. The topological polar surface area (TPSA) is 83.8 Å². The van der Waals surface area contributed by atoms with Crippen molar-refractivity contribution in [2.24, 2.45) is 5.92 Å². The van der Waals surface area contributed by atoms with Gasteiger partial charge in [-0.1, -0.05) is 38.1 Å². The standard InChI is InChI=1S/C23H29N3O4/c1-16(2)15-17-11-13-18(14-12-17)21(27)24(6)25(23(3,4)5)22(28)19-9-7-8-10-20(19)26(29)30/h7-14,16H,15H2,1-6H3. The highest BCUT2D eigenvalue weighted by Crippen LogP contribution is 2.26. The zero-order valence-electron chi connectivity index (χ0n) is 18.4. The lowest BCUT2D eigenvalue weighted by atomic mass is 10.0. The van der Waals surface area contributed by atoms with Crippen LogP contribution in [0.5, 0.6) is 0 Å². The first-order valence-corrected chi connectivity index (χ1v) is 9.88. The van der Waals surface area contributed by atoms with E-state index in [1.165, 1.54) is 35.3 Å². The molecule has 2 amide bonds. The van der Waals surface area contributed by atoms with Crippen LogP contribution >= 0.6 is 0 Å². The first kappa shape index (κ1) is 23.1. The van der Waals surface area contributed by atoms with Crippen LogP contribution < -0.4 is 0 Å². The lowest BCUT2D eigenvalue weighted by molar-refractivity contribution is -0.385. The van der Waals surface area contributed by atoms with Crippen LogP contribution in [0.25, 0.3) is 0 Å². The fraction of sp³-hybridized carbons (Fsp3) is 0.391. The number of rotatable bonds is 5. The second kappa shape index (κ2) is 9.07. The molecule has 30 heavy (non-hydrogen) atoms. The van der Waals surface area contributed by atoms with E-state index in [4.69, 9.17) is 0 Å². The predicted octanol–water partition coefficient (Wildman–Crippen LogP) is 4.72. The molecule has 0 N–H and O–H groups in total. The SMILES string of the molecule is CC(C)Cc1ccc(C(=O)N(C)N(C(=O)c2ccccc2[N+](=O)[O-])C(C)(C)C)cc1. The smallest absolute Gasteiger partial charge is 0.267 e. The number of hydrazine groups is 1. The van der Waals surface area contributed by atoms with E-state index in [0.717, 1.165) is 12.0 Å². The molecule has 0 bridgehead atoms. The summed E-state index contributed by atoms with van der Waals surface area (Å²) in [5, 5.41) is 13.9. The average molecular weight is 412 g/mol. The van der Waals surface area contributed by atoms with Gasteiger partial charge in [0, 0.05) is 18.7 Å². The van der Waals surface area contributed by atoms with Crippen LogP contribution in [0.3, 0.4) is 0 Å². The summed E-state index contributed by atoms with van der Waals surface area (Å²) < 4.78 is 0. The van der Waals surface area contributed by atoms with Gasteiger partial charge in [-0.2, -0.15) is 0 Å². The van der Waals surface area contributed by atoms with Crippen LogP contribution in [0.15, 0.2) is 48.5 Å². The summed E-state index contributed by atoms with van der Waals surface area (Å²) in [7, 11) is 1.50. The molecular weight excluding hydrogens is 382 g/mol. The van der Waals surface area contributed by atoms with E-state index in [1.54, 1.807) is 39.0 Å². The van der Waals surface area contributed by atoms with Gasteiger partial charge in [-0.15, -0.1) is 0 Å². The number of hydrogen-bond donors (Lipinski definition) is 0. The molecule has 2 rings (SSSR count). The molecule has 2 aromatic carbocycles. The molecule has 0 aliphatic carbocycles. The molecule has 0 heterocycles. The van der Waals surface area contributed by atoms with Gasteiger partial charge < -0.3 is 0 Å². The molecular formula is C23H29N3O4. The third kappa shape index (κ3) is 5.23. The Morgan fingerprint density at radius 1 is 1.00 bits per heavy atom. The van der Waals surface area contributed by atoms with Gasteiger partial charge in [0.25, 0.3) is 17.5 Å². The van der Waals surface area contributed by atoms with Gasteiger partial charge in [-0.05, 0) is 56.9 Å². The molecule has 0 spiro atoms. The highest BCUT2D eigenvalue weighted by atomic mass is 16.6. The van der Waals surface area contributed by atoms with Crippen molar-refractivity contribution in [3.05, 3.63) is 75.3 Å². The molecule has 0 atom stereocenters. The van der Waals surface area contributed by atoms with Crippen molar-refractivity contribution < 1.29 is 14.5 Å². The predicted molar refractivity (Wildman–Crippen MR) is 116 cm³/mol. The maximum Gasteiger partial charge on any atom is 0.282 e. The van der Waals surface area contributed by atoms with E-state index >= 15 is 0 Å². The monoisotopic (exact) mass is 411 g/mol. The minimum Gasteiger partial charge on any atom is -0.267 e. The molecule has 0 aliphatic heterocycles. The molecule has 0 saturated carbocycles. The Balaban J connectivity index is 2.39. The van der Waals surface area contributed by atoms with E-state index in [-0.39, 0.29) is 17.2 Å². The first-order valence-electron chi connectivity index (χ1n) is 9.88. The number of nitro groups is 1. The molecule has 0 aliphatic rings. The van der Waals surface area contributed by atoms with E-state index in [9.17, 15) is 19.7 Å². The summed E-state index contributed by atoms with van der Waals surface area (Å²) in [5.74, 6) is -0.472. The van der Waals surface area contributed by atoms with Gasteiger partial charge in [0.1, 0.15) is 5.56 Å². The summed E-state index contributed by atoms with van der Waals surface area (Å²) in [6.45, 7) is 9.57. The molecule has 0 fully saturated rings. The second-order valence-electron chi connectivity index (χ2n) is 8.69. The average Bonchev–Trinajstić information content (AvgIpc) is 2.66. The fourth-order valence-electron chi connectivity index (χ4n) is 3.35. The zero-order valence-corrected chi connectivity index (χ0v) is 18.4.